The van der Waals surface area contributed by atoms with Crippen LogP contribution >= 0.6 is 0 Å². The summed E-state index contributed by atoms with van der Waals surface area (Å²) in [4.78, 5) is 11.5. The molecule has 0 radical (unpaired) electrons. The van der Waals surface area contributed by atoms with Crippen LogP contribution in [0.2, 0.25) is 0 Å². The Bertz CT molecular complexity index is 685. The highest BCUT2D eigenvalue weighted by Crippen LogP contribution is 2.35. The minimum absolute atomic E-state index is 0.167. The van der Waals surface area contributed by atoms with Crippen LogP contribution in [-0.2, 0) is 28.5 Å². The molecular formula is C19H33NO14. The minimum Gasteiger partial charge on any atom is -0.394 e. The molecule has 15 nitrogen and oxygen atoms in total. The number of hydrogen-bond donors (Lipinski definition) is 9. The van der Waals surface area contributed by atoms with Crippen LogP contribution < -0.4 is 5.32 Å². The van der Waals surface area contributed by atoms with Gasteiger partial charge in [0, 0.05) is 0 Å². The number of carbonyl (C=O) groups is 1. The molecule has 3 saturated heterocycles. The number of rotatable bonds is 8. The Labute approximate surface area is 194 Å². The van der Waals surface area contributed by atoms with E-state index in [9.17, 15) is 45.6 Å². The van der Waals surface area contributed by atoms with Gasteiger partial charge in [-0.05, 0) is 14.0 Å². The van der Waals surface area contributed by atoms with Crippen LogP contribution in [0.15, 0.2) is 0 Å². The summed E-state index contributed by atoms with van der Waals surface area (Å²) in [5.74, 6) is 0. The Hall–Kier alpha value is -0.890. The van der Waals surface area contributed by atoms with E-state index in [1.807, 2.05) is 0 Å². The molecule has 0 bridgehead atoms. The maximum atomic E-state index is 11.5. The molecule has 3 aliphatic heterocycles. The van der Waals surface area contributed by atoms with Crippen LogP contribution in [0.3, 0.4) is 0 Å². The molecule has 14 atom stereocenters. The first-order valence-corrected chi connectivity index (χ1v) is 10.8. The summed E-state index contributed by atoms with van der Waals surface area (Å²) in [7, 11) is 1.42. The molecule has 3 rings (SSSR count). The summed E-state index contributed by atoms with van der Waals surface area (Å²) in [5, 5.41) is 83.7. The molecule has 0 amide bonds. The maximum Gasteiger partial charge on any atom is 0.187 e. The summed E-state index contributed by atoms with van der Waals surface area (Å²) < 4.78 is 27.3. The van der Waals surface area contributed by atoms with Crippen molar-refractivity contribution in [3.63, 3.8) is 0 Å². The van der Waals surface area contributed by atoms with Gasteiger partial charge in [0.1, 0.15) is 48.8 Å². The molecule has 34 heavy (non-hydrogen) atoms. The summed E-state index contributed by atoms with van der Waals surface area (Å²) in [6, 6.07) is -1.11. The van der Waals surface area contributed by atoms with Crippen molar-refractivity contribution in [1.29, 1.82) is 0 Å². The molecule has 0 aromatic heterocycles. The molecule has 0 aromatic rings. The highest BCUT2D eigenvalue weighted by molar-refractivity contribution is 5.65. The lowest BCUT2D eigenvalue weighted by atomic mass is 9.93. The van der Waals surface area contributed by atoms with Gasteiger partial charge in [-0.1, -0.05) is 0 Å². The third-order valence-corrected chi connectivity index (χ3v) is 6.51. The topological polar surface area (TPSA) is 237 Å². The fraction of sp³-hybridized carbons (Fsp3) is 0.947. The number of ether oxygens (including phenoxy) is 5. The molecular weight excluding hydrogens is 466 g/mol. The highest BCUT2D eigenvalue weighted by Gasteiger charge is 2.58. The normalized spacial score (nSPS) is 52.0. The predicted octanol–water partition coefficient (Wildman–Crippen LogP) is -6.11. The molecule has 0 saturated carbocycles. The smallest absolute Gasteiger partial charge is 0.187 e. The quantitative estimate of drug-likeness (QED) is 0.141. The van der Waals surface area contributed by atoms with Gasteiger partial charge in [-0.25, -0.2) is 0 Å². The molecule has 0 unspecified atom stereocenters. The zero-order valence-electron chi connectivity index (χ0n) is 18.5. The van der Waals surface area contributed by atoms with Crippen LogP contribution in [0.4, 0.5) is 0 Å². The van der Waals surface area contributed by atoms with E-state index in [4.69, 9.17) is 23.7 Å². The SMILES string of the molecule is CN[C@@H]1[C@H](O[C@H]2[C@H](O)O[C@@H](C)[C@]2(O)C=O)O[C@@H](CO)[C@H](O[C@H]2O[C@@H](CO)[C@@H](O)[C@H](O)[C@@H]2O)[C@H]1O. The van der Waals surface area contributed by atoms with Gasteiger partial charge < -0.3 is 69.9 Å². The van der Waals surface area contributed by atoms with Crippen LogP contribution in [0.25, 0.3) is 0 Å². The fourth-order valence-electron chi connectivity index (χ4n) is 4.33. The van der Waals surface area contributed by atoms with Gasteiger partial charge in [0.25, 0.3) is 0 Å². The second-order valence-corrected chi connectivity index (χ2v) is 8.56. The third kappa shape index (κ3) is 4.87. The summed E-state index contributed by atoms with van der Waals surface area (Å²) in [5.41, 5.74) is -2.22. The Kier molecular flexibility index (Phi) is 8.97. The van der Waals surface area contributed by atoms with Crippen LogP contribution in [0, 0.1) is 0 Å². The Morgan fingerprint density at radius 3 is 2.06 bits per heavy atom. The zero-order valence-corrected chi connectivity index (χ0v) is 18.5. The second kappa shape index (κ2) is 11.0. The van der Waals surface area contributed by atoms with Crippen molar-refractivity contribution < 1.29 is 69.3 Å². The van der Waals surface area contributed by atoms with Crippen molar-refractivity contribution in [2.75, 3.05) is 20.3 Å². The molecule has 0 aliphatic carbocycles. The lowest BCUT2D eigenvalue weighted by molar-refractivity contribution is -0.355. The van der Waals surface area contributed by atoms with E-state index in [0.29, 0.717) is 0 Å². The van der Waals surface area contributed by atoms with E-state index >= 15 is 0 Å². The average Bonchev–Trinajstić information content (AvgIpc) is 3.03. The van der Waals surface area contributed by atoms with Crippen LogP contribution in [0.5, 0.6) is 0 Å². The largest absolute Gasteiger partial charge is 0.394 e. The van der Waals surface area contributed by atoms with Gasteiger partial charge >= 0.3 is 0 Å². The first kappa shape index (κ1) is 27.7. The summed E-state index contributed by atoms with van der Waals surface area (Å²) in [6.07, 6.45) is -17.8. The van der Waals surface area contributed by atoms with Gasteiger partial charge in [0.05, 0.1) is 25.4 Å². The first-order chi connectivity index (χ1) is 16.0. The van der Waals surface area contributed by atoms with E-state index in [-0.39, 0.29) is 6.29 Å². The Balaban J connectivity index is 1.78. The summed E-state index contributed by atoms with van der Waals surface area (Å²) >= 11 is 0. The third-order valence-electron chi connectivity index (χ3n) is 6.51. The number of likely N-dealkylation sites (N-methyl/N-ethyl adjacent to an activating group) is 1. The molecule has 0 aromatic carbocycles. The van der Waals surface area contributed by atoms with Crippen molar-refractivity contribution in [1.82, 2.24) is 5.32 Å². The van der Waals surface area contributed by atoms with E-state index < -0.39 is 98.7 Å². The predicted molar refractivity (Wildman–Crippen MR) is 106 cm³/mol. The lowest BCUT2D eigenvalue weighted by Gasteiger charge is -2.47. The molecule has 9 N–H and O–H groups in total. The number of aliphatic hydroxyl groups is 8. The minimum atomic E-state index is -2.22. The van der Waals surface area contributed by atoms with Gasteiger partial charge in [-0.3, -0.25) is 4.79 Å². The van der Waals surface area contributed by atoms with Gasteiger partial charge in [0.15, 0.2) is 30.8 Å². The van der Waals surface area contributed by atoms with E-state index in [0.717, 1.165) is 0 Å². The van der Waals surface area contributed by atoms with E-state index in [2.05, 4.69) is 5.32 Å². The number of hydrogen-bond acceptors (Lipinski definition) is 15. The van der Waals surface area contributed by atoms with Crippen LogP contribution in [-0.4, -0.2) is 153 Å². The van der Waals surface area contributed by atoms with Crippen molar-refractivity contribution in [2.24, 2.45) is 0 Å². The Morgan fingerprint density at radius 1 is 0.882 bits per heavy atom. The van der Waals surface area contributed by atoms with Crippen molar-refractivity contribution >= 4 is 6.29 Å². The van der Waals surface area contributed by atoms with Crippen molar-refractivity contribution in [2.45, 2.75) is 92.4 Å². The number of carbonyl (C=O) groups excluding carboxylic acids is 1. The van der Waals surface area contributed by atoms with Gasteiger partial charge in [-0.2, -0.15) is 0 Å². The van der Waals surface area contributed by atoms with E-state index in [1.54, 1.807) is 0 Å². The first-order valence-electron chi connectivity index (χ1n) is 10.8. The Morgan fingerprint density at radius 2 is 1.50 bits per heavy atom. The monoisotopic (exact) mass is 499 g/mol. The van der Waals surface area contributed by atoms with Crippen LogP contribution in [0.1, 0.15) is 6.92 Å². The van der Waals surface area contributed by atoms with Crippen molar-refractivity contribution in [3.05, 3.63) is 0 Å². The number of aldehydes is 1. The van der Waals surface area contributed by atoms with Gasteiger partial charge in [0.2, 0.25) is 0 Å². The molecule has 3 aliphatic rings. The lowest BCUT2D eigenvalue weighted by Crippen LogP contribution is -2.67. The molecule has 15 heteroatoms. The second-order valence-electron chi connectivity index (χ2n) is 8.56. The average molecular weight is 499 g/mol. The summed E-state index contributed by atoms with van der Waals surface area (Å²) in [6.45, 7) is -0.0711. The highest BCUT2D eigenvalue weighted by atomic mass is 16.8. The van der Waals surface area contributed by atoms with Crippen molar-refractivity contribution in [3.8, 4) is 0 Å². The molecule has 3 fully saturated rings. The number of nitrogens with one attached hydrogen (secondary N) is 1. The molecule has 3 heterocycles. The molecule has 0 spiro atoms. The fourth-order valence-corrected chi connectivity index (χ4v) is 4.33. The number of aliphatic hydroxyl groups excluding tert-OH is 7. The van der Waals surface area contributed by atoms with E-state index in [1.165, 1.54) is 14.0 Å². The zero-order chi connectivity index (χ0) is 25.4. The standard InChI is InChI=1S/C19H33NO14/c1-6-19(29,5-23)15(16(28)30-6)34-17-9(20-2)11(25)14(8(4-22)32-17)33-18-13(27)12(26)10(24)7(3-21)31-18/h5-18,20-22,24-29H,3-4H2,1-2H3/t6-,7-,8-,9-,10+,11-,12-,13-,14-,15-,16+,17-,18+,19+/m0/s1. The van der Waals surface area contributed by atoms with Gasteiger partial charge in [-0.15, -0.1) is 0 Å². The molecule has 198 valence electrons. The maximum absolute atomic E-state index is 11.5.